The van der Waals surface area contributed by atoms with Gasteiger partial charge in [-0.25, -0.2) is 8.42 Å². The molecule has 1 heterocycles. The Labute approximate surface area is 132 Å². The second-order valence-corrected chi connectivity index (χ2v) is 7.41. The van der Waals surface area contributed by atoms with Crippen molar-refractivity contribution in [3.8, 4) is 0 Å². The maximum Gasteiger partial charge on any atom is 0.218 e. The van der Waals surface area contributed by atoms with Crippen LogP contribution in [0.4, 0.5) is 0 Å². The normalized spacial score (nSPS) is 16.3. The topological polar surface area (TPSA) is 37.4 Å². The molecule has 0 spiro atoms. The van der Waals surface area contributed by atoms with Gasteiger partial charge in [-0.15, -0.1) is 0 Å². The second-order valence-electron chi connectivity index (χ2n) is 5.45. The van der Waals surface area contributed by atoms with E-state index < -0.39 is 10.0 Å². The van der Waals surface area contributed by atoms with E-state index in [1.54, 1.807) is 4.31 Å². The highest BCUT2D eigenvalue weighted by Crippen LogP contribution is 2.24. The third-order valence-corrected chi connectivity index (χ3v) is 5.72. The Bertz CT molecular complexity index is 752. The lowest BCUT2D eigenvalue weighted by atomic mass is 10.0. The van der Waals surface area contributed by atoms with Gasteiger partial charge in [0, 0.05) is 13.1 Å². The van der Waals surface area contributed by atoms with Crippen LogP contribution >= 0.6 is 0 Å². The molecule has 0 aromatic heterocycles. The van der Waals surface area contributed by atoms with E-state index in [2.05, 4.69) is 12.1 Å². The molecule has 1 aliphatic rings. The Kier molecular flexibility index (Phi) is 4.41. The Balaban J connectivity index is 1.71. The molecule has 0 atom stereocenters. The molecule has 0 amide bonds. The minimum Gasteiger partial charge on any atom is -0.212 e. The van der Waals surface area contributed by atoms with Crippen LogP contribution in [0, 0.1) is 0 Å². The largest absolute Gasteiger partial charge is 0.218 e. The summed E-state index contributed by atoms with van der Waals surface area (Å²) in [6.07, 6.45) is 2.79. The van der Waals surface area contributed by atoms with Gasteiger partial charge in [0.05, 0.1) is 5.75 Å². The van der Waals surface area contributed by atoms with Crippen LogP contribution < -0.4 is 0 Å². The molecule has 22 heavy (non-hydrogen) atoms. The van der Waals surface area contributed by atoms with E-state index in [1.165, 1.54) is 11.1 Å². The van der Waals surface area contributed by atoms with Crippen molar-refractivity contribution >= 4 is 15.6 Å². The molecule has 2 aromatic carbocycles. The molecule has 0 bridgehead atoms. The molecule has 2 aromatic rings. The lowest BCUT2D eigenvalue weighted by molar-refractivity contribution is 0.440. The lowest BCUT2D eigenvalue weighted by Gasteiger charge is -2.26. The van der Waals surface area contributed by atoms with Gasteiger partial charge < -0.3 is 0 Å². The van der Waals surface area contributed by atoms with E-state index in [4.69, 9.17) is 0 Å². The van der Waals surface area contributed by atoms with E-state index in [0.29, 0.717) is 13.1 Å². The molecule has 3 rings (SSSR count). The zero-order valence-electron chi connectivity index (χ0n) is 12.4. The maximum absolute atomic E-state index is 12.5. The van der Waals surface area contributed by atoms with Gasteiger partial charge in [0.25, 0.3) is 0 Å². The highest BCUT2D eigenvalue weighted by atomic mass is 32.2. The second kappa shape index (κ2) is 6.46. The Hall–Kier alpha value is -1.91. The molecule has 0 saturated carbocycles. The molecule has 114 valence electrons. The Morgan fingerprint density at radius 3 is 2.14 bits per heavy atom. The van der Waals surface area contributed by atoms with E-state index in [-0.39, 0.29) is 5.75 Å². The number of rotatable bonds is 4. The molecular weight excluding hydrogens is 294 g/mol. The third kappa shape index (κ3) is 3.46. The molecule has 0 aliphatic carbocycles. The number of hydrogen-bond donors (Lipinski definition) is 0. The fraction of sp³-hybridized carbons (Fsp3) is 0.222. The standard InChI is InChI=1S/C18H19NO2S/c20-22(21,15-16-7-3-1-4-8-16)19-13-11-18(12-14-19)17-9-5-2-6-10-17/h1-11H,12-15H2. The molecule has 0 N–H and O–H groups in total. The number of sulfonamides is 1. The van der Waals surface area contributed by atoms with E-state index in [9.17, 15) is 8.42 Å². The monoisotopic (exact) mass is 313 g/mol. The van der Waals surface area contributed by atoms with Crippen molar-refractivity contribution in [2.75, 3.05) is 13.1 Å². The summed E-state index contributed by atoms with van der Waals surface area (Å²) in [6, 6.07) is 19.5. The SMILES string of the molecule is O=S(=O)(Cc1ccccc1)N1CC=C(c2ccccc2)CC1. The van der Waals surface area contributed by atoms with Crippen LogP contribution in [0.5, 0.6) is 0 Å². The van der Waals surface area contributed by atoms with E-state index in [1.807, 2.05) is 54.6 Å². The zero-order valence-corrected chi connectivity index (χ0v) is 13.2. The van der Waals surface area contributed by atoms with E-state index >= 15 is 0 Å². The van der Waals surface area contributed by atoms with Crippen molar-refractivity contribution in [2.45, 2.75) is 12.2 Å². The van der Waals surface area contributed by atoms with Crippen molar-refractivity contribution < 1.29 is 8.42 Å². The first-order valence-corrected chi connectivity index (χ1v) is 9.02. The highest BCUT2D eigenvalue weighted by molar-refractivity contribution is 7.88. The first-order chi connectivity index (χ1) is 10.6. The molecule has 0 fully saturated rings. The summed E-state index contributed by atoms with van der Waals surface area (Å²) >= 11 is 0. The van der Waals surface area contributed by atoms with Crippen molar-refractivity contribution in [3.63, 3.8) is 0 Å². The number of hydrogen-bond acceptors (Lipinski definition) is 2. The molecule has 0 radical (unpaired) electrons. The predicted molar refractivity (Wildman–Crippen MR) is 89.7 cm³/mol. The van der Waals surface area contributed by atoms with Crippen LogP contribution in [0.15, 0.2) is 66.7 Å². The fourth-order valence-electron chi connectivity index (χ4n) is 2.69. The quantitative estimate of drug-likeness (QED) is 0.868. The molecule has 0 unspecified atom stereocenters. The van der Waals surface area contributed by atoms with Gasteiger partial charge in [-0.05, 0) is 23.1 Å². The molecule has 0 saturated heterocycles. The van der Waals surface area contributed by atoms with Crippen LogP contribution in [0.1, 0.15) is 17.5 Å². The summed E-state index contributed by atoms with van der Waals surface area (Å²) in [5.74, 6) is 0.0718. The van der Waals surface area contributed by atoms with Gasteiger partial charge in [0.15, 0.2) is 0 Å². The van der Waals surface area contributed by atoms with Gasteiger partial charge in [0.1, 0.15) is 0 Å². The van der Waals surface area contributed by atoms with Gasteiger partial charge >= 0.3 is 0 Å². The van der Waals surface area contributed by atoms with Gasteiger partial charge in [-0.2, -0.15) is 4.31 Å². The summed E-state index contributed by atoms with van der Waals surface area (Å²) in [7, 11) is -3.25. The van der Waals surface area contributed by atoms with Crippen LogP contribution in [0.2, 0.25) is 0 Å². The highest BCUT2D eigenvalue weighted by Gasteiger charge is 2.24. The van der Waals surface area contributed by atoms with Gasteiger partial charge in [-0.1, -0.05) is 66.7 Å². The van der Waals surface area contributed by atoms with Crippen molar-refractivity contribution in [1.29, 1.82) is 0 Å². The number of nitrogens with zero attached hydrogens (tertiary/aromatic N) is 1. The summed E-state index contributed by atoms with van der Waals surface area (Å²) in [4.78, 5) is 0. The molecule has 1 aliphatic heterocycles. The first-order valence-electron chi connectivity index (χ1n) is 7.41. The predicted octanol–water partition coefficient (Wildman–Crippen LogP) is 3.31. The summed E-state index contributed by atoms with van der Waals surface area (Å²) in [6.45, 7) is 1.01. The van der Waals surface area contributed by atoms with Gasteiger partial charge in [0.2, 0.25) is 10.0 Å². The Morgan fingerprint density at radius 2 is 1.55 bits per heavy atom. The van der Waals surface area contributed by atoms with Gasteiger partial charge in [-0.3, -0.25) is 0 Å². The maximum atomic E-state index is 12.5. The summed E-state index contributed by atoms with van der Waals surface area (Å²) in [5, 5.41) is 0. The Morgan fingerprint density at radius 1 is 0.909 bits per heavy atom. The van der Waals surface area contributed by atoms with Crippen LogP contribution in [-0.2, 0) is 15.8 Å². The van der Waals surface area contributed by atoms with Crippen molar-refractivity contribution in [1.82, 2.24) is 4.31 Å². The minimum atomic E-state index is -3.25. The fourth-order valence-corrected chi connectivity index (χ4v) is 4.16. The lowest BCUT2D eigenvalue weighted by Crippen LogP contribution is -2.35. The molecule has 4 heteroatoms. The smallest absolute Gasteiger partial charge is 0.212 e. The molecule has 3 nitrogen and oxygen atoms in total. The average molecular weight is 313 g/mol. The summed E-state index contributed by atoms with van der Waals surface area (Å²) in [5.41, 5.74) is 3.25. The summed E-state index contributed by atoms with van der Waals surface area (Å²) < 4.78 is 26.6. The van der Waals surface area contributed by atoms with Crippen LogP contribution in [0.3, 0.4) is 0 Å². The zero-order chi connectivity index (χ0) is 15.4. The van der Waals surface area contributed by atoms with Crippen molar-refractivity contribution in [3.05, 3.63) is 77.9 Å². The average Bonchev–Trinajstić information content (AvgIpc) is 2.56. The number of benzene rings is 2. The van der Waals surface area contributed by atoms with Crippen LogP contribution in [0.25, 0.3) is 5.57 Å². The third-order valence-electron chi connectivity index (χ3n) is 3.90. The van der Waals surface area contributed by atoms with Crippen molar-refractivity contribution in [2.24, 2.45) is 0 Å². The minimum absolute atomic E-state index is 0.0718. The van der Waals surface area contributed by atoms with E-state index in [0.717, 1.165) is 12.0 Å². The first kappa shape index (κ1) is 15.0. The van der Waals surface area contributed by atoms with Crippen LogP contribution in [-0.4, -0.2) is 25.8 Å². The molecular formula is C18H19NO2S.